The summed E-state index contributed by atoms with van der Waals surface area (Å²) in [4.78, 5) is 3.35. The lowest BCUT2D eigenvalue weighted by atomic mass is 10.2. The summed E-state index contributed by atoms with van der Waals surface area (Å²) in [6.07, 6.45) is -4.57. The number of hydrogen-bond acceptors (Lipinski definition) is 2. The molecule has 0 fully saturated rings. The topological polar surface area (TPSA) is 38.9 Å². The molecule has 0 aliphatic rings. The minimum Gasteiger partial charge on any atom is -0.396 e. The molecule has 0 spiro atoms. The lowest BCUT2D eigenvalue weighted by molar-refractivity contribution is -0.136. The minimum absolute atomic E-state index is 0.341. The molecule has 0 amide bonds. The van der Waals surface area contributed by atoms with Gasteiger partial charge in [-0.2, -0.15) is 13.2 Å². The van der Waals surface area contributed by atoms with Crippen molar-refractivity contribution in [1.82, 2.24) is 4.98 Å². The first-order valence-corrected chi connectivity index (χ1v) is 3.76. The fraction of sp³-hybridized carbons (Fsp3) is 0.167. The number of rotatable bonds is 0. The molecule has 0 saturated heterocycles. The Morgan fingerprint density at radius 1 is 1.31 bits per heavy atom. The van der Waals surface area contributed by atoms with E-state index < -0.39 is 22.6 Å². The Hall–Kier alpha value is -0.680. The second-order valence-electron chi connectivity index (χ2n) is 2.19. The first-order chi connectivity index (χ1) is 5.82. The molecule has 0 atom stereocenters. The third-order valence-electron chi connectivity index (χ3n) is 1.29. The van der Waals surface area contributed by atoms with Crippen LogP contribution in [-0.2, 0) is 6.18 Å². The van der Waals surface area contributed by atoms with E-state index in [9.17, 15) is 13.2 Å². The number of nitrogens with zero attached hydrogens (tertiary/aromatic N) is 1. The van der Waals surface area contributed by atoms with E-state index in [1.807, 2.05) is 0 Å². The SMILES string of the molecule is Nc1c(C(F)(F)F)cc(Cl)nc1Cl. The van der Waals surface area contributed by atoms with Crippen molar-refractivity contribution in [3.63, 3.8) is 0 Å². The van der Waals surface area contributed by atoms with Crippen molar-refractivity contribution >= 4 is 28.9 Å². The molecule has 2 N–H and O–H groups in total. The second kappa shape index (κ2) is 3.23. The number of pyridine rings is 1. The van der Waals surface area contributed by atoms with Crippen LogP contribution in [-0.4, -0.2) is 4.98 Å². The number of halogens is 5. The Labute approximate surface area is 81.5 Å². The largest absolute Gasteiger partial charge is 0.418 e. The normalized spacial score (nSPS) is 11.8. The summed E-state index contributed by atoms with van der Waals surface area (Å²) in [5.74, 6) is 0. The summed E-state index contributed by atoms with van der Waals surface area (Å²) < 4.78 is 36.6. The molecule has 1 rings (SSSR count). The highest BCUT2D eigenvalue weighted by atomic mass is 35.5. The van der Waals surface area contributed by atoms with Crippen molar-refractivity contribution < 1.29 is 13.2 Å². The molecule has 0 bridgehead atoms. The Kier molecular flexibility index (Phi) is 2.58. The quantitative estimate of drug-likeness (QED) is 0.697. The fourth-order valence-corrected chi connectivity index (χ4v) is 1.16. The van der Waals surface area contributed by atoms with E-state index >= 15 is 0 Å². The minimum atomic E-state index is -4.57. The Morgan fingerprint density at radius 3 is 2.31 bits per heavy atom. The van der Waals surface area contributed by atoms with Crippen LogP contribution in [0.5, 0.6) is 0 Å². The van der Waals surface area contributed by atoms with Crippen LogP contribution >= 0.6 is 23.2 Å². The maximum absolute atomic E-state index is 12.2. The summed E-state index contributed by atoms with van der Waals surface area (Å²) in [5.41, 5.74) is 3.38. The molecule has 0 unspecified atom stereocenters. The molecule has 2 nitrogen and oxygen atoms in total. The van der Waals surface area contributed by atoms with Crippen LogP contribution in [0.15, 0.2) is 6.07 Å². The zero-order chi connectivity index (χ0) is 10.2. The number of nitrogens with two attached hydrogens (primary N) is 1. The number of alkyl halides is 3. The van der Waals surface area contributed by atoms with E-state index in [1.165, 1.54) is 0 Å². The van der Waals surface area contributed by atoms with Crippen LogP contribution in [0.2, 0.25) is 10.3 Å². The number of hydrogen-bond donors (Lipinski definition) is 1. The predicted molar refractivity (Wildman–Crippen MR) is 43.7 cm³/mol. The molecule has 1 heterocycles. The van der Waals surface area contributed by atoms with Gasteiger partial charge in [0.05, 0.1) is 11.3 Å². The summed E-state index contributed by atoms with van der Waals surface area (Å²) in [5, 5.41) is -0.786. The highest BCUT2D eigenvalue weighted by molar-refractivity contribution is 6.34. The van der Waals surface area contributed by atoms with Crippen molar-refractivity contribution in [2.24, 2.45) is 0 Å². The monoisotopic (exact) mass is 230 g/mol. The van der Waals surface area contributed by atoms with Gasteiger partial charge in [-0.05, 0) is 6.07 Å². The number of nitrogen functional groups attached to an aromatic ring is 1. The van der Waals surface area contributed by atoms with Gasteiger partial charge in [-0.3, -0.25) is 0 Å². The van der Waals surface area contributed by atoms with Gasteiger partial charge in [0.15, 0.2) is 5.15 Å². The first-order valence-electron chi connectivity index (χ1n) is 3.01. The molecule has 0 aromatic carbocycles. The smallest absolute Gasteiger partial charge is 0.396 e. The lowest BCUT2D eigenvalue weighted by Gasteiger charge is -2.10. The standard InChI is InChI=1S/C6H3Cl2F3N2/c7-3-1-2(6(9,10)11)4(12)5(8)13-3/h1H,12H2. The summed E-state index contributed by atoms with van der Waals surface area (Å²) >= 11 is 10.6. The predicted octanol–water partition coefficient (Wildman–Crippen LogP) is 2.99. The zero-order valence-corrected chi connectivity index (χ0v) is 7.50. The molecule has 0 aliphatic heterocycles. The molecule has 13 heavy (non-hydrogen) atoms. The summed E-state index contributed by atoms with van der Waals surface area (Å²) in [6.45, 7) is 0. The van der Waals surface area contributed by atoms with Gasteiger partial charge in [0.25, 0.3) is 0 Å². The van der Waals surface area contributed by atoms with Gasteiger partial charge >= 0.3 is 6.18 Å². The lowest BCUT2D eigenvalue weighted by Crippen LogP contribution is -2.10. The van der Waals surface area contributed by atoms with Gasteiger partial charge in [-0.25, -0.2) is 4.98 Å². The summed E-state index contributed by atoms with van der Waals surface area (Å²) in [7, 11) is 0. The number of anilines is 1. The van der Waals surface area contributed by atoms with E-state index in [2.05, 4.69) is 4.98 Å². The number of aromatic nitrogens is 1. The van der Waals surface area contributed by atoms with Crippen LogP contribution in [0.1, 0.15) is 5.56 Å². The van der Waals surface area contributed by atoms with Gasteiger partial charge in [-0.1, -0.05) is 23.2 Å². The molecular formula is C6H3Cl2F3N2. The van der Waals surface area contributed by atoms with Crippen molar-refractivity contribution in [1.29, 1.82) is 0 Å². The third kappa shape index (κ3) is 2.16. The maximum Gasteiger partial charge on any atom is 0.418 e. The van der Waals surface area contributed by atoms with Gasteiger partial charge in [0.2, 0.25) is 0 Å². The molecule has 1 aromatic rings. The summed E-state index contributed by atoms with van der Waals surface area (Å²) in [6, 6.07) is 0.628. The first kappa shape index (κ1) is 10.4. The average molecular weight is 231 g/mol. The Bertz CT molecular complexity index is 337. The van der Waals surface area contributed by atoms with Gasteiger partial charge in [0.1, 0.15) is 5.15 Å². The van der Waals surface area contributed by atoms with Crippen LogP contribution in [0.3, 0.4) is 0 Å². The molecule has 0 saturated carbocycles. The van der Waals surface area contributed by atoms with Gasteiger partial charge < -0.3 is 5.73 Å². The van der Waals surface area contributed by atoms with Crippen LogP contribution < -0.4 is 5.73 Å². The fourth-order valence-electron chi connectivity index (χ4n) is 0.729. The molecule has 0 aliphatic carbocycles. The average Bonchev–Trinajstić information content (AvgIpc) is 1.94. The van der Waals surface area contributed by atoms with Crippen LogP contribution in [0.4, 0.5) is 18.9 Å². The molecule has 0 radical (unpaired) electrons. The van der Waals surface area contributed by atoms with Crippen LogP contribution in [0, 0.1) is 0 Å². The van der Waals surface area contributed by atoms with Crippen molar-refractivity contribution in [3.05, 3.63) is 21.9 Å². The van der Waals surface area contributed by atoms with Crippen molar-refractivity contribution in [2.45, 2.75) is 6.18 Å². The van der Waals surface area contributed by atoms with E-state index in [4.69, 9.17) is 28.9 Å². The second-order valence-corrected chi connectivity index (χ2v) is 2.94. The maximum atomic E-state index is 12.2. The van der Waals surface area contributed by atoms with E-state index in [0.29, 0.717) is 6.07 Å². The van der Waals surface area contributed by atoms with Crippen LogP contribution in [0.25, 0.3) is 0 Å². The highest BCUT2D eigenvalue weighted by Gasteiger charge is 2.34. The Morgan fingerprint density at radius 2 is 1.85 bits per heavy atom. The van der Waals surface area contributed by atoms with E-state index in [-0.39, 0.29) is 5.15 Å². The highest BCUT2D eigenvalue weighted by Crippen LogP contribution is 2.37. The molecule has 7 heteroatoms. The zero-order valence-electron chi connectivity index (χ0n) is 5.99. The van der Waals surface area contributed by atoms with E-state index in [1.54, 1.807) is 0 Å². The molecule has 1 aromatic heterocycles. The van der Waals surface area contributed by atoms with E-state index in [0.717, 1.165) is 0 Å². The molecule has 72 valence electrons. The van der Waals surface area contributed by atoms with Crippen molar-refractivity contribution in [3.8, 4) is 0 Å². The molecular weight excluding hydrogens is 228 g/mol. The van der Waals surface area contributed by atoms with Gasteiger partial charge in [0, 0.05) is 0 Å². The Balaban J connectivity index is 3.37. The van der Waals surface area contributed by atoms with Gasteiger partial charge in [-0.15, -0.1) is 0 Å². The third-order valence-corrected chi connectivity index (χ3v) is 1.77. The van der Waals surface area contributed by atoms with Crippen molar-refractivity contribution in [2.75, 3.05) is 5.73 Å².